The average Bonchev–Trinajstić information content (AvgIpc) is 2.67. The number of pyridine rings is 1. The molecule has 2 aromatic rings. The molecular weight excluding hydrogens is 340 g/mol. The molecule has 0 bridgehead atoms. The van der Waals surface area contributed by atoms with Gasteiger partial charge in [-0.1, -0.05) is 13.0 Å². The van der Waals surface area contributed by atoms with Gasteiger partial charge in [0.25, 0.3) is 5.91 Å². The van der Waals surface area contributed by atoms with Gasteiger partial charge < -0.3 is 15.5 Å². The summed E-state index contributed by atoms with van der Waals surface area (Å²) in [6.45, 7) is 6.00. The second-order valence-electron chi connectivity index (χ2n) is 7.13. The molecule has 1 fully saturated rings. The van der Waals surface area contributed by atoms with Crippen molar-refractivity contribution in [3.63, 3.8) is 0 Å². The Bertz CT molecular complexity index is 799. The lowest BCUT2D eigenvalue weighted by atomic mass is 9.97. The number of hydrogen-bond acceptors (Lipinski definition) is 4. The van der Waals surface area contributed by atoms with Crippen LogP contribution >= 0.6 is 0 Å². The van der Waals surface area contributed by atoms with Crippen LogP contribution in [0.1, 0.15) is 42.6 Å². The topological polar surface area (TPSA) is 74.3 Å². The molecule has 0 unspecified atom stereocenters. The predicted octanol–water partition coefficient (Wildman–Crippen LogP) is 3.21. The number of carbonyl (C=O) groups is 2. The van der Waals surface area contributed by atoms with E-state index in [1.807, 2.05) is 24.3 Å². The van der Waals surface area contributed by atoms with Crippen LogP contribution in [0.5, 0.6) is 0 Å². The van der Waals surface area contributed by atoms with E-state index in [9.17, 15) is 9.59 Å². The van der Waals surface area contributed by atoms with Gasteiger partial charge in [-0.3, -0.25) is 14.6 Å². The molecule has 1 aromatic carbocycles. The molecule has 1 aromatic heterocycles. The van der Waals surface area contributed by atoms with E-state index >= 15 is 0 Å². The third-order valence-electron chi connectivity index (χ3n) is 4.86. The van der Waals surface area contributed by atoms with Crippen molar-refractivity contribution in [1.82, 2.24) is 10.3 Å². The highest BCUT2D eigenvalue weighted by molar-refractivity contribution is 6.02. The molecule has 0 atom stereocenters. The van der Waals surface area contributed by atoms with Gasteiger partial charge in [-0.2, -0.15) is 0 Å². The second kappa shape index (κ2) is 8.66. The van der Waals surface area contributed by atoms with Crippen LogP contribution in [-0.2, 0) is 11.3 Å². The third kappa shape index (κ3) is 5.06. The van der Waals surface area contributed by atoms with E-state index in [4.69, 9.17) is 0 Å². The fourth-order valence-corrected chi connectivity index (χ4v) is 3.30. The lowest BCUT2D eigenvalue weighted by Gasteiger charge is -2.33. The smallest absolute Gasteiger partial charge is 0.253 e. The number of anilines is 2. The van der Waals surface area contributed by atoms with E-state index in [1.165, 1.54) is 6.92 Å². The number of amides is 2. The largest absolute Gasteiger partial charge is 0.371 e. The van der Waals surface area contributed by atoms with Crippen molar-refractivity contribution in [3.8, 4) is 0 Å². The highest BCUT2D eigenvalue weighted by Gasteiger charge is 2.21. The first-order valence-corrected chi connectivity index (χ1v) is 9.36. The van der Waals surface area contributed by atoms with E-state index < -0.39 is 0 Å². The van der Waals surface area contributed by atoms with Crippen molar-refractivity contribution < 1.29 is 9.59 Å². The maximum absolute atomic E-state index is 12.9. The highest BCUT2D eigenvalue weighted by atomic mass is 16.2. The molecular formula is C21H26N4O2. The molecule has 6 nitrogen and oxygen atoms in total. The zero-order valence-corrected chi connectivity index (χ0v) is 15.9. The maximum Gasteiger partial charge on any atom is 0.253 e. The van der Waals surface area contributed by atoms with Gasteiger partial charge in [0.1, 0.15) is 0 Å². The highest BCUT2D eigenvalue weighted by Crippen LogP contribution is 2.28. The van der Waals surface area contributed by atoms with Crippen molar-refractivity contribution in [2.75, 3.05) is 23.3 Å². The first kappa shape index (κ1) is 18.9. The van der Waals surface area contributed by atoms with Crippen LogP contribution in [0.15, 0.2) is 42.7 Å². The molecule has 142 valence electrons. The summed E-state index contributed by atoms with van der Waals surface area (Å²) in [6, 6.07) is 9.31. The van der Waals surface area contributed by atoms with Gasteiger partial charge in [0.05, 0.1) is 5.56 Å². The summed E-state index contributed by atoms with van der Waals surface area (Å²) in [7, 11) is 0. The zero-order valence-electron chi connectivity index (χ0n) is 15.9. The molecule has 3 rings (SSSR count). The third-order valence-corrected chi connectivity index (χ3v) is 4.86. The fourth-order valence-electron chi connectivity index (χ4n) is 3.30. The summed E-state index contributed by atoms with van der Waals surface area (Å²) in [6.07, 6.45) is 5.67. The SMILES string of the molecule is CC(=O)Nc1ccc(N2CCC(C)CC2)c(C(=O)NCc2cccnc2)c1. The number of nitrogens with zero attached hydrogens (tertiary/aromatic N) is 2. The Hall–Kier alpha value is -2.89. The summed E-state index contributed by atoms with van der Waals surface area (Å²) in [5.74, 6) is 0.402. The normalized spacial score (nSPS) is 14.7. The zero-order chi connectivity index (χ0) is 19.2. The molecule has 1 aliphatic heterocycles. The monoisotopic (exact) mass is 366 g/mol. The van der Waals surface area contributed by atoms with Gasteiger partial charge >= 0.3 is 0 Å². The number of nitrogens with one attached hydrogen (secondary N) is 2. The van der Waals surface area contributed by atoms with E-state index in [-0.39, 0.29) is 11.8 Å². The van der Waals surface area contributed by atoms with Gasteiger partial charge in [0.15, 0.2) is 0 Å². The number of aromatic nitrogens is 1. The van der Waals surface area contributed by atoms with E-state index in [2.05, 4.69) is 27.4 Å². The standard InChI is InChI=1S/C21H26N4O2/c1-15-7-10-25(11-8-15)20-6-5-18(24-16(2)26)12-19(20)21(27)23-14-17-4-3-9-22-13-17/h3-6,9,12-13,15H,7-8,10-11,14H2,1-2H3,(H,23,27)(H,24,26). The fraction of sp³-hybridized carbons (Fsp3) is 0.381. The van der Waals surface area contributed by atoms with Crippen LogP contribution < -0.4 is 15.5 Å². The summed E-state index contributed by atoms with van der Waals surface area (Å²) in [5, 5.41) is 5.73. The van der Waals surface area contributed by atoms with Gasteiger partial charge in [0.2, 0.25) is 5.91 Å². The van der Waals surface area contributed by atoms with Crippen LogP contribution in [0.25, 0.3) is 0 Å². The minimum absolute atomic E-state index is 0.153. The van der Waals surface area contributed by atoms with E-state index in [0.29, 0.717) is 23.7 Å². The van der Waals surface area contributed by atoms with Crippen molar-refractivity contribution >= 4 is 23.2 Å². The Morgan fingerprint density at radius 3 is 2.67 bits per heavy atom. The molecule has 1 saturated heterocycles. The molecule has 0 spiro atoms. The van der Waals surface area contributed by atoms with Crippen molar-refractivity contribution in [3.05, 3.63) is 53.9 Å². The maximum atomic E-state index is 12.9. The van der Waals surface area contributed by atoms with Crippen LogP contribution in [0.4, 0.5) is 11.4 Å². The first-order valence-electron chi connectivity index (χ1n) is 9.36. The number of hydrogen-bond donors (Lipinski definition) is 2. The molecule has 0 aliphatic carbocycles. The van der Waals surface area contributed by atoms with Gasteiger partial charge in [-0.25, -0.2) is 0 Å². The van der Waals surface area contributed by atoms with Crippen LogP contribution in [0.2, 0.25) is 0 Å². The summed E-state index contributed by atoms with van der Waals surface area (Å²) >= 11 is 0. The van der Waals surface area contributed by atoms with Gasteiger partial charge in [-0.05, 0) is 48.6 Å². The molecule has 2 amide bonds. The Kier molecular flexibility index (Phi) is 6.06. The molecule has 0 radical (unpaired) electrons. The molecule has 6 heteroatoms. The number of benzene rings is 1. The average molecular weight is 366 g/mol. The Labute approximate surface area is 160 Å². The molecule has 2 N–H and O–H groups in total. The molecule has 27 heavy (non-hydrogen) atoms. The summed E-state index contributed by atoms with van der Waals surface area (Å²) < 4.78 is 0. The van der Waals surface area contributed by atoms with Crippen LogP contribution in [0.3, 0.4) is 0 Å². The second-order valence-corrected chi connectivity index (χ2v) is 7.13. The predicted molar refractivity (Wildman–Crippen MR) is 107 cm³/mol. The Balaban J connectivity index is 1.82. The number of carbonyl (C=O) groups excluding carboxylic acids is 2. The lowest BCUT2D eigenvalue weighted by molar-refractivity contribution is -0.114. The molecule has 1 aliphatic rings. The number of rotatable bonds is 5. The molecule has 0 saturated carbocycles. The summed E-state index contributed by atoms with van der Waals surface area (Å²) in [5.41, 5.74) is 3.07. The van der Waals surface area contributed by atoms with E-state index in [1.54, 1.807) is 18.5 Å². The van der Waals surface area contributed by atoms with Crippen LogP contribution in [-0.4, -0.2) is 29.9 Å². The van der Waals surface area contributed by atoms with E-state index in [0.717, 1.165) is 37.2 Å². The lowest BCUT2D eigenvalue weighted by Crippen LogP contribution is -2.35. The summed E-state index contributed by atoms with van der Waals surface area (Å²) in [4.78, 5) is 30.6. The minimum Gasteiger partial charge on any atom is -0.371 e. The minimum atomic E-state index is -0.156. The van der Waals surface area contributed by atoms with Gasteiger partial charge in [0, 0.05) is 50.3 Å². The number of piperidine rings is 1. The molecule has 2 heterocycles. The van der Waals surface area contributed by atoms with Crippen LogP contribution in [0, 0.1) is 5.92 Å². The van der Waals surface area contributed by atoms with Crippen molar-refractivity contribution in [2.24, 2.45) is 5.92 Å². The van der Waals surface area contributed by atoms with Crippen molar-refractivity contribution in [2.45, 2.75) is 33.2 Å². The first-order chi connectivity index (χ1) is 13.0. The quantitative estimate of drug-likeness (QED) is 0.852. The van der Waals surface area contributed by atoms with Gasteiger partial charge in [-0.15, -0.1) is 0 Å². The Morgan fingerprint density at radius 2 is 2.00 bits per heavy atom. The Morgan fingerprint density at radius 1 is 1.22 bits per heavy atom. The van der Waals surface area contributed by atoms with Crippen molar-refractivity contribution in [1.29, 1.82) is 0 Å².